The van der Waals surface area contributed by atoms with E-state index in [9.17, 15) is 13.2 Å². The molecule has 0 aliphatic carbocycles. The van der Waals surface area contributed by atoms with Crippen molar-refractivity contribution in [2.24, 2.45) is 4.99 Å². The summed E-state index contributed by atoms with van der Waals surface area (Å²) in [4.78, 5) is 8.13. The SMILES string of the molecule is CN=C(NCCC(C)c1cccc(C(F)(F)F)c1)NCc1ccc(-n2cncn2)cc1.I. The molecule has 1 aromatic heterocycles. The molecule has 32 heavy (non-hydrogen) atoms. The van der Waals surface area contributed by atoms with Crippen molar-refractivity contribution in [2.75, 3.05) is 13.6 Å². The Morgan fingerprint density at radius 1 is 1.12 bits per heavy atom. The van der Waals surface area contributed by atoms with Crippen LogP contribution in [0, 0.1) is 0 Å². The summed E-state index contributed by atoms with van der Waals surface area (Å²) >= 11 is 0. The number of nitrogens with one attached hydrogen (secondary N) is 2. The van der Waals surface area contributed by atoms with Crippen molar-refractivity contribution in [3.8, 4) is 5.69 Å². The van der Waals surface area contributed by atoms with E-state index < -0.39 is 11.7 Å². The van der Waals surface area contributed by atoms with Crippen molar-refractivity contribution in [3.63, 3.8) is 0 Å². The fourth-order valence-corrected chi connectivity index (χ4v) is 3.11. The molecule has 0 aliphatic heterocycles. The van der Waals surface area contributed by atoms with Gasteiger partial charge in [-0.3, -0.25) is 4.99 Å². The molecule has 0 saturated carbocycles. The highest BCUT2D eigenvalue weighted by molar-refractivity contribution is 14.0. The van der Waals surface area contributed by atoms with Crippen LogP contribution >= 0.6 is 24.0 Å². The Morgan fingerprint density at radius 3 is 2.50 bits per heavy atom. The number of benzene rings is 2. The first-order valence-electron chi connectivity index (χ1n) is 9.92. The quantitative estimate of drug-likeness (QED) is 0.249. The largest absolute Gasteiger partial charge is 0.416 e. The summed E-state index contributed by atoms with van der Waals surface area (Å²) in [5.41, 5.74) is 2.06. The zero-order valence-corrected chi connectivity index (χ0v) is 20.1. The van der Waals surface area contributed by atoms with Crippen LogP contribution in [0.5, 0.6) is 0 Å². The third-order valence-corrected chi connectivity index (χ3v) is 4.96. The van der Waals surface area contributed by atoms with Gasteiger partial charge in [0.05, 0.1) is 11.3 Å². The summed E-state index contributed by atoms with van der Waals surface area (Å²) in [5.74, 6) is 0.619. The van der Waals surface area contributed by atoms with Crippen LogP contribution in [0.15, 0.2) is 66.2 Å². The Labute approximate surface area is 202 Å². The van der Waals surface area contributed by atoms with Crippen LogP contribution in [-0.2, 0) is 12.7 Å². The molecule has 0 amide bonds. The van der Waals surface area contributed by atoms with Gasteiger partial charge in [0.1, 0.15) is 12.7 Å². The fraction of sp³-hybridized carbons (Fsp3) is 0.318. The lowest BCUT2D eigenvalue weighted by Crippen LogP contribution is -2.37. The lowest BCUT2D eigenvalue weighted by atomic mass is 9.96. The summed E-state index contributed by atoms with van der Waals surface area (Å²) in [6.45, 7) is 3.09. The summed E-state index contributed by atoms with van der Waals surface area (Å²) in [7, 11) is 1.68. The van der Waals surface area contributed by atoms with Gasteiger partial charge >= 0.3 is 6.18 Å². The van der Waals surface area contributed by atoms with Gasteiger partial charge in [0, 0.05) is 20.1 Å². The maximum absolute atomic E-state index is 12.9. The predicted molar refractivity (Wildman–Crippen MR) is 129 cm³/mol. The first kappa shape index (κ1) is 25.6. The first-order chi connectivity index (χ1) is 14.9. The first-order valence-corrected chi connectivity index (χ1v) is 9.92. The second-order valence-corrected chi connectivity index (χ2v) is 7.17. The molecule has 3 aromatic rings. The van der Waals surface area contributed by atoms with E-state index in [0.29, 0.717) is 31.0 Å². The summed E-state index contributed by atoms with van der Waals surface area (Å²) in [6, 6.07) is 13.4. The molecule has 0 bridgehead atoms. The van der Waals surface area contributed by atoms with Gasteiger partial charge in [-0.25, -0.2) is 9.67 Å². The number of rotatable bonds is 7. The molecule has 0 saturated heterocycles. The smallest absolute Gasteiger partial charge is 0.356 e. The minimum absolute atomic E-state index is 0. The highest BCUT2D eigenvalue weighted by Crippen LogP contribution is 2.31. The molecule has 0 radical (unpaired) electrons. The van der Waals surface area contributed by atoms with Crippen molar-refractivity contribution < 1.29 is 13.2 Å². The fourth-order valence-electron chi connectivity index (χ4n) is 3.11. The lowest BCUT2D eigenvalue weighted by Gasteiger charge is -2.16. The second-order valence-electron chi connectivity index (χ2n) is 7.17. The number of guanidine groups is 1. The number of hydrogen-bond donors (Lipinski definition) is 2. The lowest BCUT2D eigenvalue weighted by molar-refractivity contribution is -0.137. The maximum atomic E-state index is 12.9. The molecule has 2 N–H and O–H groups in total. The minimum atomic E-state index is -4.33. The van der Waals surface area contributed by atoms with Gasteiger partial charge in [-0.1, -0.05) is 37.3 Å². The molecule has 3 rings (SSSR count). The summed E-state index contributed by atoms with van der Waals surface area (Å²) in [6.07, 6.45) is -0.527. The van der Waals surface area contributed by atoms with Gasteiger partial charge in [0.15, 0.2) is 5.96 Å². The van der Waals surface area contributed by atoms with Crippen molar-refractivity contribution in [1.82, 2.24) is 25.4 Å². The van der Waals surface area contributed by atoms with Crippen molar-refractivity contribution >= 4 is 29.9 Å². The number of aliphatic imine (C=N–C) groups is 1. The number of alkyl halides is 3. The Hall–Kier alpha value is -2.63. The molecule has 2 aromatic carbocycles. The zero-order valence-electron chi connectivity index (χ0n) is 17.8. The van der Waals surface area contributed by atoms with E-state index in [1.165, 1.54) is 18.5 Å². The van der Waals surface area contributed by atoms with Gasteiger partial charge in [-0.15, -0.1) is 24.0 Å². The second kappa shape index (κ2) is 11.8. The molecule has 0 spiro atoms. The average Bonchev–Trinajstić information content (AvgIpc) is 3.31. The molecular weight excluding hydrogens is 532 g/mol. The topological polar surface area (TPSA) is 67.1 Å². The average molecular weight is 558 g/mol. The molecule has 1 unspecified atom stereocenters. The third kappa shape index (κ3) is 7.21. The van der Waals surface area contributed by atoms with Crippen molar-refractivity contribution in [3.05, 3.63) is 77.9 Å². The van der Waals surface area contributed by atoms with E-state index in [-0.39, 0.29) is 29.9 Å². The number of halogens is 4. The van der Waals surface area contributed by atoms with E-state index >= 15 is 0 Å². The van der Waals surface area contributed by atoms with Gasteiger partial charge < -0.3 is 10.6 Å². The van der Waals surface area contributed by atoms with Crippen molar-refractivity contribution in [1.29, 1.82) is 0 Å². The highest BCUT2D eigenvalue weighted by atomic mass is 127. The van der Waals surface area contributed by atoms with Crippen molar-refractivity contribution in [2.45, 2.75) is 32.0 Å². The van der Waals surface area contributed by atoms with Crippen LogP contribution < -0.4 is 10.6 Å². The molecule has 172 valence electrons. The van der Waals surface area contributed by atoms with E-state index in [4.69, 9.17) is 0 Å². The van der Waals surface area contributed by atoms with Crippen LogP contribution in [0.3, 0.4) is 0 Å². The molecule has 10 heteroatoms. The number of aromatic nitrogens is 3. The van der Waals surface area contributed by atoms with Crippen LogP contribution in [-0.4, -0.2) is 34.3 Å². The molecular formula is C22H26F3IN6. The van der Waals surface area contributed by atoms with Crippen LogP contribution in [0.4, 0.5) is 13.2 Å². The van der Waals surface area contributed by atoms with E-state index in [1.807, 2.05) is 31.2 Å². The van der Waals surface area contributed by atoms with Gasteiger partial charge in [0.2, 0.25) is 0 Å². The molecule has 1 heterocycles. The normalized spacial score (nSPS) is 12.7. The van der Waals surface area contributed by atoms with Crippen LogP contribution in [0.25, 0.3) is 5.69 Å². The molecule has 1 atom stereocenters. The standard InChI is InChI=1S/C22H25F3N6.HI/c1-16(18-4-3-5-19(12-18)22(23,24)25)10-11-28-21(26-2)29-13-17-6-8-20(9-7-17)31-15-27-14-30-31;/h3-9,12,14-16H,10-11,13H2,1-2H3,(H2,26,28,29);1H. The summed E-state index contributed by atoms with van der Waals surface area (Å²) < 4.78 is 40.4. The van der Waals surface area contributed by atoms with Crippen LogP contribution in [0.2, 0.25) is 0 Å². The predicted octanol–water partition coefficient (Wildman–Crippen LogP) is 4.76. The van der Waals surface area contributed by atoms with Crippen LogP contribution in [0.1, 0.15) is 36.0 Å². The molecule has 0 fully saturated rings. The zero-order chi connectivity index (χ0) is 22.3. The van der Waals surface area contributed by atoms with Gasteiger partial charge in [-0.2, -0.15) is 18.3 Å². The Kier molecular flexibility index (Phi) is 9.48. The number of hydrogen-bond acceptors (Lipinski definition) is 3. The van der Waals surface area contributed by atoms with E-state index in [1.54, 1.807) is 24.1 Å². The Bertz CT molecular complexity index is 988. The Morgan fingerprint density at radius 2 is 1.88 bits per heavy atom. The molecule has 0 aliphatic rings. The third-order valence-electron chi connectivity index (χ3n) is 4.96. The number of nitrogens with zero attached hydrogens (tertiary/aromatic N) is 4. The summed E-state index contributed by atoms with van der Waals surface area (Å²) in [5, 5.41) is 10.5. The Balaban J connectivity index is 0.00000363. The monoisotopic (exact) mass is 558 g/mol. The van der Waals surface area contributed by atoms with Gasteiger partial charge in [-0.05, 0) is 41.7 Å². The van der Waals surface area contributed by atoms with E-state index in [0.717, 1.165) is 17.3 Å². The maximum Gasteiger partial charge on any atom is 0.416 e. The van der Waals surface area contributed by atoms with Gasteiger partial charge in [0.25, 0.3) is 0 Å². The highest BCUT2D eigenvalue weighted by Gasteiger charge is 2.30. The van der Waals surface area contributed by atoms with E-state index in [2.05, 4.69) is 25.7 Å². The molecule has 6 nitrogen and oxygen atoms in total. The minimum Gasteiger partial charge on any atom is -0.356 e.